The predicted octanol–water partition coefficient (Wildman–Crippen LogP) is 0.331. The third-order valence-electron chi connectivity index (χ3n) is 2.88. The van der Waals surface area contributed by atoms with Gasteiger partial charge in [0.05, 0.1) is 0 Å². The second-order valence-electron chi connectivity index (χ2n) is 3.70. The van der Waals surface area contributed by atoms with E-state index in [0.29, 0.717) is 12.6 Å². The lowest BCUT2D eigenvalue weighted by atomic mass is 10.2. The van der Waals surface area contributed by atoms with Gasteiger partial charge in [0.25, 0.3) is 0 Å². The van der Waals surface area contributed by atoms with Crippen molar-refractivity contribution in [1.29, 1.82) is 0 Å². The summed E-state index contributed by atoms with van der Waals surface area (Å²) >= 11 is 0. The molecule has 2 aliphatic heterocycles. The van der Waals surface area contributed by atoms with Crippen molar-refractivity contribution in [1.82, 2.24) is 9.96 Å². The van der Waals surface area contributed by atoms with E-state index in [4.69, 9.17) is 11.3 Å². The first-order valence-electron chi connectivity index (χ1n) is 4.95. The van der Waals surface area contributed by atoms with Crippen LogP contribution in [0.2, 0.25) is 0 Å². The van der Waals surface area contributed by atoms with Crippen LogP contribution in [0.4, 0.5) is 0 Å². The average Bonchev–Trinajstić information content (AvgIpc) is 2.61. The van der Waals surface area contributed by atoms with E-state index < -0.39 is 0 Å². The van der Waals surface area contributed by atoms with E-state index in [9.17, 15) is 0 Å². The predicted molar refractivity (Wildman–Crippen MR) is 51.0 cm³/mol. The van der Waals surface area contributed by atoms with Crippen LogP contribution in [0.25, 0.3) is 0 Å². The Kier molecular flexibility index (Phi) is 2.84. The summed E-state index contributed by atoms with van der Waals surface area (Å²) < 4.78 is 0. The molecule has 72 valence electrons. The molecule has 0 aromatic rings. The maximum absolute atomic E-state index is 5.41. The van der Waals surface area contributed by atoms with E-state index in [2.05, 4.69) is 10.8 Å². The molecule has 2 heterocycles. The molecule has 3 nitrogen and oxygen atoms in total. The van der Waals surface area contributed by atoms with E-state index >= 15 is 0 Å². The SMILES string of the molecule is C#CCON1CCN2CCCC2C1. The Hall–Kier alpha value is -0.560. The van der Waals surface area contributed by atoms with Crippen LogP contribution in [0.5, 0.6) is 0 Å². The maximum Gasteiger partial charge on any atom is 0.129 e. The third-order valence-corrected chi connectivity index (χ3v) is 2.88. The molecule has 0 saturated carbocycles. The minimum atomic E-state index is 0.409. The van der Waals surface area contributed by atoms with Gasteiger partial charge in [-0.2, -0.15) is 5.06 Å². The minimum Gasteiger partial charge on any atom is -0.298 e. The number of piperazine rings is 1. The first-order valence-corrected chi connectivity index (χ1v) is 4.95. The summed E-state index contributed by atoms with van der Waals surface area (Å²) in [5, 5.41) is 2.02. The van der Waals surface area contributed by atoms with Gasteiger partial charge in [-0.05, 0) is 19.4 Å². The van der Waals surface area contributed by atoms with Gasteiger partial charge >= 0.3 is 0 Å². The van der Waals surface area contributed by atoms with Gasteiger partial charge in [-0.3, -0.25) is 9.74 Å². The molecular formula is C10H16N2O. The van der Waals surface area contributed by atoms with Crippen LogP contribution in [0.1, 0.15) is 12.8 Å². The highest BCUT2D eigenvalue weighted by atomic mass is 16.7. The zero-order valence-corrected chi connectivity index (χ0v) is 7.91. The number of hydrogen-bond acceptors (Lipinski definition) is 3. The fourth-order valence-electron chi connectivity index (χ4n) is 2.21. The van der Waals surface area contributed by atoms with Crippen molar-refractivity contribution in [2.75, 3.05) is 32.8 Å². The lowest BCUT2D eigenvalue weighted by Crippen LogP contribution is -2.49. The molecule has 2 saturated heterocycles. The Morgan fingerprint density at radius 2 is 2.31 bits per heavy atom. The molecule has 13 heavy (non-hydrogen) atoms. The van der Waals surface area contributed by atoms with Crippen molar-refractivity contribution >= 4 is 0 Å². The third kappa shape index (κ3) is 2.02. The number of rotatable bonds is 2. The summed E-state index contributed by atoms with van der Waals surface area (Å²) in [6, 6.07) is 0.714. The molecule has 1 unspecified atom stereocenters. The van der Waals surface area contributed by atoms with Crippen LogP contribution in [-0.4, -0.2) is 48.8 Å². The van der Waals surface area contributed by atoms with Crippen LogP contribution >= 0.6 is 0 Å². The summed E-state index contributed by atoms with van der Waals surface area (Å²) in [6.07, 6.45) is 7.80. The van der Waals surface area contributed by atoms with Gasteiger partial charge in [0.1, 0.15) is 6.61 Å². The first kappa shape index (κ1) is 9.01. The van der Waals surface area contributed by atoms with Crippen LogP contribution < -0.4 is 0 Å². The van der Waals surface area contributed by atoms with Gasteiger partial charge in [-0.1, -0.05) is 5.92 Å². The van der Waals surface area contributed by atoms with Crippen molar-refractivity contribution in [3.8, 4) is 12.3 Å². The molecule has 3 heteroatoms. The van der Waals surface area contributed by atoms with Crippen molar-refractivity contribution in [2.45, 2.75) is 18.9 Å². The molecule has 2 fully saturated rings. The summed E-state index contributed by atoms with van der Waals surface area (Å²) in [6.45, 7) is 4.84. The van der Waals surface area contributed by atoms with Gasteiger partial charge in [0.15, 0.2) is 0 Å². The largest absolute Gasteiger partial charge is 0.298 e. The maximum atomic E-state index is 5.41. The van der Waals surface area contributed by atoms with Gasteiger partial charge in [-0.25, -0.2) is 0 Å². The Bertz CT molecular complexity index is 211. The van der Waals surface area contributed by atoms with E-state index in [1.807, 2.05) is 5.06 Å². The van der Waals surface area contributed by atoms with E-state index in [1.54, 1.807) is 0 Å². The van der Waals surface area contributed by atoms with E-state index in [1.165, 1.54) is 19.4 Å². The van der Waals surface area contributed by atoms with Crippen LogP contribution in [0.3, 0.4) is 0 Å². The molecule has 0 radical (unpaired) electrons. The normalized spacial score (nSPS) is 29.9. The Balaban J connectivity index is 1.80. The van der Waals surface area contributed by atoms with E-state index in [0.717, 1.165) is 19.6 Å². The minimum absolute atomic E-state index is 0.409. The molecule has 0 aliphatic carbocycles. The monoisotopic (exact) mass is 180 g/mol. The first-order chi connectivity index (χ1) is 6.40. The second kappa shape index (κ2) is 4.10. The molecule has 0 bridgehead atoms. The van der Waals surface area contributed by atoms with Gasteiger partial charge < -0.3 is 0 Å². The number of hydroxylamine groups is 2. The average molecular weight is 180 g/mol. The van der Waals surface area contributed by atoms with E-state index in [-0.39, 0.29) is 0 Å². The van der Waals surface area contributed by atoms with Crippen molar-refractivity contribution < 1.29 is 4.84 Å². The fourth-order valence-corrected chi connectivity index (χ4v) is 2.21. The molecule has 2 aliphatic rings. The highest BCUT2D eigenvalue weighted by molar-refractivity contribution is 4.86. The highest BCUT2D eigenvalue weighted by Gasteiger charge is 2.30. The summed E-state index contributed by atoms with van der Waals surface area (Å²) in [7, 11) is 0. The number of nitrogens with zero attached hydrogens (tertiary/aromatic N) is 2. The lowest BCUT2D eigenvalue weighted by Gasteiger charge is -2.36. The topological polar surface area (TPSA) is 15.7 Å². The molecule has 0 N–H and O–H groups in total. The second-order valence-corrected chi connectivity index (χ2v) is 3.70. The van der Waals surface area contributed by atoms with Crippen LogP contribution in [0.15, 0.2) is 0 Å². The van der Waals surface area contributed by atoms with Crippen molar-refractivity contribution in [3.05, 3.63) is 0 Å². The summed E-state index contributed by atoms with van der Waals surface area (Å²) in [4.78, 5) is 7.96. The summed E-state index contributed by atoms with van der Waals surface area (Å²) in [5.74, 6) is 2.50. The fraction of sp³-hybridized carbons (Fsp3) is 0.800. The van der Waals surface area contributed by atoms with Gasteiger partial charge in [0.2, 0.25) is 0 Å². The lowest BCUT2D eigenvalue weighted by molar-refractivity contribution is -0.173. The molecule has 1 atom stereocenters. The van der Waals surface area contributed by atoms with Gasteiger partial charge in [-0.15, -0.1) is 6.42 Å². The highest BCUT2D eigenvalue weighted by Crippen LogP contribution is 2.21. The molecule has 0 aromatic heterocycles. The Labute approximate surface area is 79.6 Å². The molecule has 2 rings (SSSR count). The molecule has 0 amide bonds. The Morgan fingerprint density at radius 1 is 1.38 bits per heavy atom. The number of fused-ring (bicyclic) bond motifs is 1. The molecular weight excluding hydrogens is 164 g/mol. The standard InChI is InChI=1S/C10H16N2O/c1-2-8-13-12-7-6-11-5-3-4-10(11)9-12/h1,10H,3-9H2. The zero-order valence-electron chi connectivity index (χ0n) is 7.91. The van der Waals surface area contributed by atoms with Crippen LogP contribution in [0, 0.1) is 12.3 Å². The van der Waals surface area contributed by atoms with Crippen molar-refractivity contribution in [3.63, 3.8) is 0 Å². The molecule has 0 aromatic carbocycles. The number of hydrogen-bond donors (Lipinski definition) is 0. The molecule has 0 spiro atoms. The van der Waals surface area contributed by atoms with Crippen LogP contribution in [-0.2, 0) is 4.84 Å². The number of terminal acetylenes is 1. The zero-order chi connectivity index (χ0) is 9.10. The summed E-state index contributed by atoms with van der Waals surface area (Å²) in [5.41, 5.74) is 0. The quantitative estimate of drug-likeness (QED) is 0.570. The van der Waals surface area contributed by atoms with Crippen molar-refractivity contribution in [2.24, 2.45) is 0 Å². The Morgan fingerprint density at radius 3 is 3.15 bits per heavy atom. The smallest absolute Gasteiger partial charge is 0.129 e. The van der Waals surface area contributed by atoms with Gasteiger partial charge in [0, 0.05) is 25.7 Å².